The molecule has 2 unspecified atom stereocenters. The van der Waals surface area contributed by atoms with Crippen LogP contribution in [0.15, 0.2) is 0 Å². The zero-order valence-corrected chi connectivity index (χ0v) is 25.5. The summed E-state index contributed by atoms with van der Waals surface area (Å²) in [6, 6.07) is 0. The van der Waals surface area contributed by atoms with Crippen molar-refractivity contribution in [3.05, 3.63) is 0 Å². The molecule has 0 fully saturated rings. The Labute approximate surface area is 236 Å². The Kier molecular flexibility index (Phi) is 32.8. The molecule has 0 aromatic rings. The lowest BCUT2D eigenvalue weighted by molar-refractivity contribution is -0.0217. The third kappa shape index (κ3) is 32.0. The first-order valence-electron chi connectivity index (χ1n) is 16.4. The highest BCUT2D eigenvalue weighted by atomic mass is 16.5. The molecule has 0 aromatic carbocycles. The predicted molar refractivity (Wildman–Crippen MR) is 159 cm³/mol. The molecule has 0 aliphatic heterocycles. The maximum Gasteiger partial charge on any atom is 0.101 e. The highest BCUT2D eigenvalue weighted by Crippen LogP contribution is 2.09. The zero-order chi connectivity index (χ0) is 27.8. The van der Waals surface area contributed by atoms with Crippen LogP contribution in [0.2, 0.25) is 0 Å². The molecule has 230 valence electrons. The quantitative estimate of drug-likeness (QED) is 0.0825. The van der Waals surface area contributed by atoms with Crippen LogP contribution in [0.4, 0.5) is 0 Å². The highest BCUT2D eigenvalue weighted by Gasteiger charge is 2.06. The Bertz CT molecular complexity index is 385. The number of hydrogen-bond acceptors (Lipinski definition) is 6. The minimum absolute atomic E-state index is 0.347. The smallest absolute Gasteiger partial charge is 0.101 e. The van der Waals surface area contributed by atoms with E-state index in [1.54, 1.807) is 0 Å². The van der Waals surface area contributed by atoms with Crippen LogP contribution in [0.25, 0.3) is 0 Å². The van der Waals surface area contributed by atoms with Crippen LogP contribution < -0.4 is 0 Å². The molecule has 0 saturated heterocycles. The Morgan fingerprint density at radius 2 is 0.553 bits per heavy atom. The summed E-state index contributed by atoms with van der Waals surface area (Å²) in [5.74, 6) is 0. The van der Waals surface area contributed by atoms with Gasteiger partial charge in [-0.2, -0.15) is 0 Å². The summed E-state index contributed by atoms with van der Waals surface area (Å²) in [6.07, 6.45) is 23.7. The maximum absolute atomic E-state index is 9.96. The summed E-state index contributed by atoms with van der Waals surface area (Å²) in [5, 5.41) is 19.9. The van der Waals surface area contributed by atoms with Gasteiger partial charge >= 0.3 is 0 Å². The van der Waals surface area contributed by atoms with E-state index in [-0.39, 0.29) is 0 Å². The molecule has 0 bridgehead atoms. The molecule has 0 aliphatic rings. The molecule has 0 saturated carbocycles. The molecule has 6 nitrogen and oxygen atoms in total. The number of hydrogen-bond donors (Lipinski definition) is 2. The molecule has 6 heteroatoms. The average molecular weight is 547 g/mol. The monoisotopic (exact) mass is 546 g/mol. The van der Waals surface area contributed by atoms with Crippen LogP contribution in [0.1, 0.15) is 142 Å². The van der Waals surface area contributed by atoms with Gasteiger partial charge in [-0.15, -0.1) is 0 Å². The van der Waals surface area contributed by atoms with Crippen LogP contribution >= 0.6 is 0 Å². The van der Waals surface area contributed by atoms with Crippen LogP contribution in [0, 0.1) is 0 Å². The van der Waals surface area contributed by atoms with Gasteiger partial charge in [-0.1, -0.05) is 117 Å². The number of ether oxygens (including phenoxy) is 4. The summed E-state index contributed by atoms with van der Waals surface area (Å²) in [4.78, 5) is 0. The topological polar surface area (TPSA) is 77.4 Å². The third-order valence-corrected chi connectivity index (χ3v) is 6.85. The van der Waals surface area contributed by atoms with Crippen LogP contribution in [0.5, 0.6) is 0 Å². The summed E-state index contributed by atoms with van der Waals surface area (Å²) in [7, 11) is 0. The molecule has 0 radical (unpaired) electrons. The van der Waals surface area contributed by atoms with Crippen molar-refractivity contribution in [1.29, 1.82) is 0 Å². The van der Waals surface area contributed by atoms with Gasteiger partial charge in [0.1, 0.15) is 12.2 Å². The first-order chi connectivity index (χ1) is 18.7. The van der Waals surface area contributed by atoms with Gasteiger partial charge in [-0.3, -0.25) is 0 Å². The molecule has 0 aliphatic carbocycles. The SMILES string of the molecule is CCCCCCCCCCOCC(O)COCCCCCCOCC(O)COCCCCCCCCCC. The van der Waals surface area contributed by atoms with Gasteiger partial charge in [0.2, 0.25) is 0 Å². The largest absolute Gasteiger partial charge is 0.388 e. The van der Waals surface area contributed by atoms with E-state index in [2.05, 4.69) is 13.8 Å². The molecule has 0 heterocycles. The van der Waals surface area contributed by atoms with E-state index in [1.165, 1.54) is 89.9 Å². The van der Waals surface area contributed by atoms with Crippen molar-refractivity contribution < 1.29 is 29.2 Å². The lowest BCUT2D eigenvalue weighted by Gasteiger charge is -2.12. The molecular weight excluding hydrogens is 480 g/mol. The second-order valence-corrected chi connectivity index (χ2v) is 11.0. The normalized spacial score (nSPS) is 13.3. The van der Waals surface area contributed by atoms with E-state index in [9.17, 15) is 10.2 Å². The van der Waals surface area contributed by atoms with E-state index in [4.69, 9.17) is 18.9 Å². The van der Waals surface area contributed by atoms with Crippen molar-refractivity contribution in [2.75, 3.05) is 52.9 Å². The van der Waals surface area contributed by atoms with Crippen molar-refractivity contribution in [3.8, 4) is 0 Å². The van der Waals surface area contributed by atoms with Gasteiger partial charge in [0.15, 0.2) is 0 Å². The van der Waals surface area contributed by atoms with Gasteiger partial charge in [0.05, 0.1) is 26.4 Å². The van der Waals surface area contributed by atoms with Gasteiger partial charge in [-0.05, 0) is 25.7 Å². The third-order valence-electron chi connectivity index (χ3n) is 6.85. The van der Waals surface area contributed by atoms with Gasteiger partial charge in [0.25, 0.3) is 0 Å². The summed E-state index contributed by atoms with van der Waals surface area (Å²) >= 11 is 0. The lowest BCUT2D eigenvalue weighted by atomic mass is 10.1. The molecule has 0 aromatic heterocycles. The Hall–Kier alpha value is -0.240. The summed E-state index contributed by atoms with van der Waals surface area (Å²) < 4.78 is 22.3. The maximum atomic E-state index is 9.96. The van der Waals surface area contributed by atoms with E-state index in [1.807, 2.05) is 0 Å². The number of aliphatic hydroxyl groups is 2. The Morgan fingerprint density at radius 3 is 0.789 bits per heavy atom. The first kappa shape index (κ1) is 37.8. The fourth-order valence-electron chi connectivity index (χ4n) is 4.41. The fraction of sp³-hybridized carbons (Fsp3) is 1.00. The van der Waals surface area contributed by atoms with E-state index >= 15 is 0 Å². The Morgan fingerprint density at radius 1 is 0.342 bits per heavy atom. The molecule has 38 heavy (non-hydrogen) atoms. The van der Waals surface area contributed by atoms with E-state index in [0.29, 0.717) is 39.6 Å². The lowest BCUT2D eigenvalue weighted by Crippen LogP contribution is -2.22. The van der Waals surface area contributed by atoms with Crippen molar-refractivity contribution >= 4 is 0 Å². The predicted octanol–water partition coefficient (Wildman–Crippen LogP) is 7.62. The molecular formula is C32H66O6. The molecule has 0 amide bonds. The molecule has 0 rings (SSSR count). The number of unbranched alkanes of at least 4 members (excludes halogenated alkanes) is 17. The Balaban J connectivity index is 3.22. The molecule has 2 N–H and O–H groups in total. The highest BCUT2D eigenvalue weighted by molar-refractivity contribution is 4.54. The van der Waals surface area contributed by atoms with Gasteiger partial charge in [-0.25, -0.2) is 0 Å². The van der Waals surface area contributed by atoms with Crippen molar-refractivity contribution in [2.45, 2.75) is 154 Å². The summed E-state index contributed by atoms with van der Waals surface area (Å²) in [5.41, 5.74) is 0. The zero-order valence-electron chi connectivity index (χ0n) is 25.5. The molecule has 0 spiro atoms. The number of aliphatic hydroxyl groups excluding tert-OH is 2. The fourth-order valence-corrected chi connectivity index (χ4v) is 4.41. The second kappa shape index (κ2) is 33.0. The van der Waals surface area contributed by atoms with Crippen LogP contribution in [-0.2, 0) is 18.9 Å². The number of rotatable bonds is 33. The van der Waals surface area contributed by atoms with Crippen LogP contribution in [-0.4, -0.2) is 75.3 Å². The van der Waals surface area contributed by atoms with E-state index < -0.39 is 12.2 Å². The standard InChI is InChI=1S/C32H66O6/c1-3-5-7-9-11-13-15-19-23-35-27-31(33)29-37-25-21-17-18-22-26-38-30-32(34)28-36-24-20-16-14-12-10-8-6-4-2/h31-34H,3-30H2,1-2H3. The van der Waals surface area contributed by atoms with Gasteiger partial charge in [0, 0.05) is 26.4 Å². The molecule has 2 atom stereocenters. The van der Waals surface area contributed by atoms with Crippen molar-refractivity contribution in [1.82, 2.24) is 0 Å². The van der Waals surface area contributed by atoms with E-state index in [0.717, 1.165) is 51.7 Å². The minimum Gasteiger partial charge on any atom is -0.388 e. The summed E-state index contributed by atoms with van der Waals surface area (Å²) in [6.45, 7) is 8.73. The average Bonchev–Trinajstić information content (AvgIpc) is 2.91. The van der Waals surface area contributed by atoms with Gasteiger partial charge < -0.3 is 29.2 Å². The van der Waals surface area contributed by atoms with Crippen molar-refractivity contribution in [2.24, 2.45) is 0 Å². The first-order valence-corrected chi connectivity index (χ1v) is 16.4. The minimum atomic E-state index is -0.534. The van der Waals surface area contributed by atoms with Crippen LogP contribution in [0.3, 0.4) is 0 Å². The van der Waals surface area contributed by atoms with Crippen molar-refractivity contribution in [3.63, 3.8) is 0 Å². The second-order valence-electron chi connectivity index (χ2n) is 11.0.